The molecule has 2 rings (SSSR count). The molecular weight excluding hydrogens is 372 g/mol. The minimum absolute atomic E-state index is 0.115. The molecule has 0 aliphatic heterocycles. The Hall–Kier alpha value is -1.93. The molecule has 0 spiro atoms. The quantitative estimate of drug-likeness (QED) is 0.596. The molecule has 2 aromatic carbocycles. The number of nitro groups is 1. The van der Waals surface area contributed by atoms with Crippen LogP contribution in [0.1, 0.15) is 5.56 Å². The summed E-state index contributed by atoms with van der Waals surface area (Å²) in [7, 11) is -2.41. The highest BCUT2D eigenvalue weighted by molar-refractivity contribution is 9.10. The van der Waals surface area contributed by atoms with Crippen LogP contribution in [0.3, 0.4) is 0 Å². The molecule has 8 heteroatoms. The van der Waals surface area contributed by atoms with Crippen LogP contribution in [0.4, 0.5) is 11.4 Å². The third-order valence-electron chi connectivity index (χ3n) is 3.28. The number of halogens is 1. The Morgan fingerprint density at radius 3 is 2.27 bits per heavy atom. The fourth-order valence-corrected chi connectivity index (χ4v) is 3.56. The topological polar surface area (TPSA) is 80.5 Å². The average molecular weight is 385 g/mol. The second-order valence-electron chi connectivity index (χ2n) is 4.60. The van der Waals surface area contributed by atoms with Crippen molar-refractivity contribution in [1.29, 1.82) is 0 Å². The van der Waals surface area contributed by atoms with Gasteiger partial charge in [0.1, 0.15) is 0 Å². The third kappa shape index (κ3) is 2.97. The summed E-state index contributed by atoms with van der Waals surface area (Å²) in [5.74, 6) is 0. The molecule has 0 unspecified atom stereocenters. The van der Waals surface area contributed by atoms with Crippen molar-refractivity contribution in [2.45, 2.75) is 11.8 Å². The Bertz CT molecular complexity index is 819. The molecule has 0 aromatic heterocycles. The van der Waals surface area contributed by atoms with Gasteiger partial charge in [-0.3, -0.25) is 14.4 Å². The summed E-state index contributed by atoms with van der Waals surface area (Å²) in [6.45, 7) is 1.53. The van der Waals surface area contributed by atoms with Gasteiger partial charge in [-0.05, 0) is 37.3 Å². The fraction of sp³-hybridized carbons (Fsp3) is 0.143. The van der Waals surface area contributed by atoms with Crippen molar-refractivity contribution in [2.75, 3.05) is 11.4 Å². The first-order valence-corrected chi connectivity index (χ1v) is 8.47. The maximum atomic E-state index is 12.6. The molecule has 0 saturated heterocycles. The van der Waals surface area contributed by atoms with Crippen molar-refractivity contribution in [2.24, 2.45) is 0 Å². The molecule has 0 amide bonds. The van der Waals surface area contributed by atoms with E-state index >= 15 is 0 Å². The molecule has 22 heavy (non-hydrogen) atoms. The van der Waals surface area contributed by atoms with Crippen molar-refractivity contribution >= 4 is 37.3 Å². The number of sulfonamides is 1. The predicted molar refractivity (Wildman–Crippen MR) is 87.6 cm³/mol. The standard InChI is InChI=1S/C14H13BrN2O4S/c1-10-13(4-3-5-14(10)17(18)19)16(2)22(20,21)12-8-6-11(15)7-9-12/h3-9H,1-2H3. The zero-order chi connectivity index (χ0) is 16.5. The van der Waals surface area contributed by atoms with Crippen LogP contribution in [-0.4, -0.2) is 20.4 Å². The predicted octanol–water partition coefficient (Wildman–Crippen LogP) is 3.49. The summed E-state index contributed by atoms with van der Waals surface area (Å²) >= 11 is 3.25. The van der Waals surface area contributed by atoms with Gasteiger partial charge >= 0.3 is 0 Å². The number of rotatable bonds is 4. The first kappa shape index (κ1) is 16.4. The summed E-state index contributed by atoms with van der Waals surface area (Å²) in [5, 5.41) is 11.0. The SMILES string of the molecule is Cc1c(N(C)S(=O)(=O)c2ccc(Br)cc2)cccc1[N+](=O)[O-]. The first-order chi connectivity index (χ1) is 10.2. The largest absolute Gasteiger partial charge is 0.274 e. The maximum Gasteiger partial charge on any atom is 0.274 e. The van der Waals surface area contributed by atoms with Gasteiger partial charge in [0.2, 0.25) is 0 Å². The lowest BCUT2D eigenvalue weighted by molar-refractivity contribution is -0.385. The minimum Gasteiger partial charge on any atom is -0.269 e. The fourth-order valence-electron chi connectivity index (χ4n) is 2.04. The van der Waals surface area contributed by atoms with Crippen molar-refractivity contribution in [3.05, 3.63) is 62.6 Å². The number of anilines is 1. The second kappa shape index (κ2) is 6.05. The molecule has 0 radical (unpaired) electrons. The third-order valence-corrected chi connectivity index (χ3v) is 5.60. The Kier molecular flexibility index (Phi) is 4.52. The molecule has 6 nitrogen and oxygen atoms in total. The van der Waals surface area contributed by atoms with E-state index in [2.05, 4.69) is 15.9 Å². The summed E-state index contributed by atoms with van der Waals surface area (Å²) in [6.07, 6.45) is 0. The summed E-state index contributed by atoms with van der Waals surface area (Å²) in [5.41, 5.74) is 0.461. The zero-order valence-corrected chi connectivity index (χ0v) is 14.3. The van der Waals surface area contributed by atoms with Gasteiger partial charge in [0.25, 0.3) is 15.7 Å². The van der Waals surface area contributed by atoms with E-state index in [1.807, 2.05) is 0 Å². The first-order valence-electron chi connectivity index (χ1n) is 6.23. The van der Waals surface area contributed by atoms with E-state index < -0.39 is 14.9 Å². The molecule has 0 N–H and O–H groups in total. The number of nitrogens with zero attached hydrogens (tertiary/aromatic N) is 2. The van der Waals surface area contributed by atoms with E-state index in [4.69, 9.17) is 0 Å². The summed E-state index contributed by atoms with van der Waals surface area (Å²) < 4.78 is 27.1. The van der Waals surface area contributed by atoms with Crippen LogP contribution in [-0.2, 0) is 10.0 Å². The Balaban J connectivity index is 2.52. The van der Waals surface area contributed by atoms with Crippen LogP contribution in [0.2, 0.25) is 0 Å². The van der Waals surface area contributed by atoms with Gasteiger partial charge in [-0.15, -0.1) is 0 Å². The van der Waals surface area contributed by atoms with E-state index in [0.717, 1.165) is 8.78 Å². The number of nitro benzene ring substituents is 1. The van der Waals surface area contributed by atoms with Gasteiger partial charge in [0, 0.05) is 17.6 Å². The molecule has 0 heterocycles. The van der Waals surface area contributed by atoms with Gasteiger partial charge in [-0.25, -0.2) is 8.42 Å². The average Bonchev–Trinajstić information content (AvgIpc) is 2.47. The molecule has 2 aromatic rings. The molecular formula is C14H13BrN2O4S. The van der Waals surface area contributed by atoms with Gasteiger partial charge in [-0.1, -0.05) is 22.0 Å². The van der Waals surface area contributed by atoms with Crippen LogP contribution in [0, 0.1) is 17.0 Å². The van der Waals surface area contributed by atoms with Crippen molar-refractivity contribution in [3.63, 3.8) is 0 Å². The smallest absolute Gasteiger partial charge is 0.269 e. The minimum atomic E-state index is -3.78. The van der Waals surface area contributed by atoms with Crippen LogP contribution in [0.15, 0.2) is 51.8 Å². The molecule has 0 atom stereocenters. The zero-order valence-electron chi connectivity index (χ0n) is 11.9. The monoisotopic (exact) mass is 384 g/mol. The molecule has 116 valence electrons. The molecule has 0 fully saturated rings. The van der Waals surface area contributed by atoms with Crippen LogP contribution in [0.25, 0.3) is 0 Å². The summed E-state index contributed by atoms with van der Waals surface area (Å²) in [6, 6.07) is 10.6. The molecule has 0 bridgehead atoms. The van der Waals surface area contributed by atoms with E-state index in [-0.39, 0.29) is 16.3 Å². The number of hydrogen-bond donors (Lipinski definition) is 0. The Morgan fingerprint density at radius 1 is 1.14 bits per heavy atom. The molecule has 0 saturated carbocycles. The van der Waals surface area contributed by atoms with Crippen molar-refractivity contribution in [1.82, 2.24) is 0 Å². The molecule has 0 aliphatic rings. The second-order valence-corrected chi connectivity index (χ2v) is 7.49. The highest BCUT2D eigenvalue weighted by Gasteiger charge is 2.25. The van der Waals surface area contributed by atoms with E-state index in [9.17, 15) is 18.5 Å². The Labute approximate surface area is 136 Å². The number of benzene rings is 2. The molecule has 0 aliphatic carbocycles. The number of hydrogen-bond acceptors (Lipinski definition) is 4. The van der Waals surface area contributed by atoms with Crippen molar-refractivity contribution in [3.8, 4) is 0 Å². The maximum absolute atomic E-state index is 12.6. The van der Waals surface area contributed by atoms with Crippen molar-refractivity contribution < 1.29 is 13.3 Å². The lowest BCUT2D eigenvalue weighted by atomic mass is 10.1. The van der Waals surface area contributed by atoms with E-state index in [0.29, 0.717) is 5.56 Å². The van der Waals surface area contributed by atoms with Gasteiger partial charge < -0.3 is 0 Å². The van der Waals surface area contributed by atoms with Crippen LogP contribution in [0.5, 0.6) is 0 Å². The summed E-state index contributed by atoms with van der Waals surface area (Å²) in [4.78, 5) is 10.6. The normalized spacial score (nSPS) is 11.2. The van der Waals surface area contributed by atoms with Crippen LogP contribution < -0.4 is 4.31 Å². The van der Waals surface area contributed by atoms with E-state index in [1.165, 1.54) is 38.2 Å². The Morgan fingerprint density at radius 2 is 1.73 bits per heavy atom. The van der Waals surface area contributed by atoms with Crippen LogP contribution >= 0.6 is 15.9 Å². The highest BCUT2D eigenvalue weighted by atomic mass is 79.9. The highest BCUT2D eigenvalue weighted by Crippen LogP contribution is 2.31. The lowest BCUT2D eigenvalue weighted by Gasteiger charge is -2.21. The van der Waals surface area contributed by atoms with Gasteiger partial charge in [0.05, 0.1) is 21.1 Å². The van der Waals surface area contributed by atoms with Gasteiger partial charge in [0.15, 0.2) is 0 Å². The van der Waals surface area contributed by atoms with Gasteiger partial charge in [-0.2, -0.15) is 0 Å². The lowest BCUT2D eigenvalue weighted by Crippen LogP contribution is -2.27. The van der Waals surface area contributed by atoms with E-state index in [1.54, 1.807) is 18.2 Å².